The maximum Gasteiger partial charge on any atom is 0.289 e. The van der Waals surface area contributed by atoms with Gasteiger partial charge in [0.25, 0.3) is 6.43 Å². The van der Waals surface area contributed by atoms with Crippen molar-refractivity contribution in [3.8, 4) is 5.75 Å². The molecule has 0 aliphatic carbocycles. The Morgan fingerprint density at radius 1 is 1.38 bits per heavy atom. The Labute approximate surface area is 76.5 Å². The van der Waals surface area contributed by atoms with Crippen molar-refractivity contribution < 1.29 is 13.9 Å². The van der Waals surface area contributed by atoms with Crippen molar-refractivity contribution >= 4 is 21.6 Å². The third kappa shape index (κ3) is 1.35. The number of phenols is 1. The van der Waals surface area contributed by atoms with Crippen LogP contribution in [0.4, 0.5) is 8.78 Å². The van der Waals surface area contributed by atoms with E-state index in [1.54, 1.807) is 12.1 Å². The Morgan fingerprint density at radius 2 is 2.15 bits per heavy atom. The van der Waals surface area contributed by atoms with Gasteiger partial charge >= 0.3 is 0 Å². The van der Waals surface area contributed by atoms with Crippen molar-refractivity contribution in [3.63, 3.8) is 0 Å². The van der Waals surface area contributed by atoms with E-state index in [0.29, 0.717) is 10.2 Å². The van der Waals surface area contributed by atoms with E-state index >= 15 is 0 Å². The largest absolute Gasteiger partial charge is 0.506 e. The summed E-state index contributed by atoms with van der Waals surface area (Å²) in [6, 6.07) is 4.62. The normalized spacial score (nSPS) is 11.3. The number of nitrogens with zero attached hydrogens (tertiary/aromatic N) is 1. The van der Waals surface area contributed by atoms with Crippen molar-refractivity contribution in [1.29, 1.82) is 0 Å². The first-order valence-electron chi connectivity index (χ1n) is 3.55. The molecule has 2 nitrogen and oxygen atoms in total. The van der Waals surface area contributed by atoms with Gasteiger partial charge in [0.1, 0.15) is 5.75 Å². The zero-order valence-electron chi connectivity index (χ0n) is 6.37. The minimum atomic E-state index is -2.57. The average Bonchev–Trinajstić information content (AvgIpc) is 2.49. The average molecular weight is 201 g/mol. The molecule has 2 aromatic rings. The summed E-state index contributed by atoms with van der Waals surface area (Å²) < 4.78 is 24.8. The number of alkyl halides is 2. The lowest BCUT2D eigenvalue weighted by molar-refractivity contribution is 0.151. The summed E-state index contributed by atoms with van der Waals surface area (Å²) in [5.41, 5.74) is 0.417. The second kappa shape index (κ2) is 2.92. The van der Waals surface area contributed by atoms with Crippen molar-refractivity contribution in [2.75, 3.05) is 0 Å². The van der Waals surface area contributed by atoms with Gasteiger partial charge in [0.15, 0.2) is 5.01 Å². The van der Waals surface area contributed by atoms with E-state index in [2.05, 4.69) is 4.98 Å². The van der Waals surface area contributed by atoms with Crippen LogP contribution in [0, 0.1) is 0 Å². The van der Waals surface area contributed by atoms with Crippen molar-refractivity contribution in [3.05, 3.63) is 23.2 Å². The Hall–Kier alpha value is -1.23. The zero-order chi connectivity index (χ0) is 9.42. The van der Waals surface area contributed by atoms with E-state index in [0.717, 1.165) is 11.3 Å². The molecular formula is C8H5F2NOS. The zero-order valence-corrected chi connectivity index (χ0v) is 7.18. The monoisotopic (exact) mass is 201 g/mol. The quantitative estimate of drug-likeness (QED) is 0.769. The van der Waals surface area contributed by atoms with Gasteiger partial charge in [-0.25, -0.2) is 13.8 Å². The van der Waals surface area contributed by atoms with E-state index in [1.807, 2.05) is 0 Å². The molecule has 0 bridgehead atoms. The minimum Gasteiger partial charge on any atom is -0.506 e. The van der Waals surface area contributed by atoms with Gasteiger partial charge in [0.05, 0.1) is 10.2 Å². The van der Waals surface area contributed by atoms with Crippen LogP contribution in [0.15, 0.2) is 18.2 Å². The number of aromatic hydroxyl groups is 1. The molecule has 0 aliphatic heterocycles. The summed E-state index contributed by atoms with van der Waals surface area (Å²) in [5.74, 6) is 0.00176. The Bertz CT molecular complexity index is 441. The molecule has 1 heterocycles. The molecule has 1 aromatic heterocycles. The molecule has 0 saturated carbocycles. The van der Waals surface area contributed by atoms with Crippen LogP contribution >= 0.6 is 11.3 Å². The Balaban J connectivity index is 2.68. The highest BCUT2D eigenvalue weighted by atomic mass is 32.1. The Kier molecular flexibility index (Phi) is 1.88. The first-order chi connectivity index (χ1) is 6.18. The van der Waals surface area contributed by atoms with Crippen LogP contribution in [0.25, 0.3) is 10.2 Å². The molecule has 0 amide bonds. The Morgan fingerprint density at radius 3 is 2.77 bits per heavy atom. The van der Waals surface area contributed by atoms with Gasteiger partial charge in [0.2, 0.25) is 0 Å². The van der Waals surface area contributed by atoms with Crippen molar-refractivity contribution in [2.24, 2.45) is 0 Å². The molecule has 68 valence electrons. The number of aromatic nitrogens is 1. The van der Waals surface area contributed by atoms with E-state index in [9.17, 15) is 13.9 Å². The fourth-order valence-corrected chi connectivity index (χ4v) is 1.88. The molecule has 2 rings (SSSR count). The molecule has 0 unspecified atom stereocenters. The second-order valence-corrected chi connectivity index (χ2v) is 3.51. The lowest BCUT2D eigenvalue weighted by Gasteiger charge is -1.89. The van der Waals surface area contributed by atoms with Gasteiger partial charge in [-0.05, 0) is 12.1 Å². The van der Waals surface area contributed by atoms with Crippen molar-refractivity contribution in [1.82, 2.24) is 4.98 Å². The van der Waals surface area contributed by atoms with Gasteiger partial charge in [-0.1, -0.05) is 6.07 Å². The summed E-state index contributed by atoms with van der Waals surface area (Å²) in [6.45, 7) is 0. The second-order valence-electron chi connectivity index (χ2n) is 2.48. The lowest BCUT2D eigenvalue weighted by atomic mass is 10.3. The van der Waals surface area contributed by atoms with Crippen LogP contribution < -0.4 is 0 Å². The molecule has 0 atom stereocenters. The molecular weight excluding hydrogens is 196 g/mol. The topological polar surface area (TPSA) is 33.1 Å². The number of halogens is 2. The van der Waals surface area contributed by atoms with Gasteiger partial charge in [-0.15, -0.1) is 11.3 Å². The van der Waals surface area contributed by atoms with Crippen molar-refractivity contribution in [2.45, 2.75) is 6.43 Å². The molecule has 13 heavy (non-hydrogen) atoms. The van der Waals surface area contributed by atoms with E-state index in [1.165, 1.54) is 6.07 Å². The fraction of sp³-hybridized carbons (Fsp3) is 0.125. The number of phenolic OH excluding ortho intramolecular Hbond substituents is 1. The van der Waals surface area contributed by atoms with Crippen LogP contribution in [0.2, 0.25) is 0 Å². The smallest absolute Gasteiger partial charge is 0.289 e. The summed E-state index contributed by atoms with van der Waals surface area (Å²) in [5, 5.41) is 9.04. The minimum absolute atomic E-state index is 0.00176. The summed E-state index contributed by atoms with van der Waals surface area (Å²) >= 11 is 0.821. The number of rotatable bonds is 1. The first-order valence-corrected chi connectivity index (χ1v) is 4.36. The number of fused-ring (bicyclic) bond motifs is 1. The molecule has 5 heteroatoms. The van der Waals surface area contributed by atoms with E-state index in [-0.39, 0.29) is 10.8 Å². The third-order valence-electron chi connectivity index (χ3n) is 1.60. The predicted molar refractivity (Wildman–Crippen MR) is 46.2 cm³/mol. The van der Waals surface area contributed by atoms with Gasteiger partial charge in [-0.3, -0.25) is 0 Å². The molecule has 0 spiro atoms. The SMILES string of the molecule is Oc1cccc2nc(C(F)F)sc12. The molecule has 1 N–H and O–H groups in total. The number of hydrogen-bond donors (Lipinski definition) is 1. The molecule has 0 aliphatic rings. The maximum absolute atomic E-state index is 12.2. The highest BCUT2D eigenvalue weighted by molar-refractivity contribution is 7.19. The van der Waals surface area contributed by atoms with Crippen LogP contribution in [0.1, 0.15) is 11.4 Å². The van der Waals surface area contributed by atoms with Crippen LogP contribution in [0.3, 0.4) is 0 Å². The number of hydrogen-bond acceptors (Lipinski definition) is 3. The summed E-state index contributed by atoms with van der Waals surface area (Å²) in [6.07, 6.45) is -2.57. The lowest BCUT2D eigenvalue weighted by Crippen LogP contribution is -1.78. The predicted octanol–water partition coefficient (Wildman–Crippen LogP) is 2.94. The fourth-order valence-electron chi connectivity index (χ4n) is 1.05. The highest BCUT2D eigenvalue weighted by Crippen LogP contribution is 2.34. The molecule has 0 fully saturated rings. The molecule has 0 saturated heterocycles. The molecule has 1 aromatic carbocycles. The van der Waals surface area contributed by atoms with Gasteiger partial charge < -0.3 is 5.11 Å². The van der Waals surface area contributed by atoms with Crippen LogP contribution in [-0.2, 0) is 0 Å². The first kappa shape index (κ1) is 8.37. The summed E-state index contributed by atoms with van der Waals surface area (Å²) in [7, 11) is 0. The number of benzene rings is 1. The standard InChI is InChI=1S/C8H5F2NOS/c9-7(10)8-11-4-2-1-3-5(12)6(4)13-8/h1-3,7,12H. The van der Waals surface area contributed by atoms with Crippen LogP contribution in [-0.4, -0.2) is 10.1 Å². The number of thiazole rings is 1. The highest BCUT2D eigenvalue weighted by Gasteiger charge is 2.14. The molecule has 0 radical (unpaired) electrons. The van der Waals surface area contributed by atoms with Gasteiger partial charge in [0, 0.05) is 0 Å². The van der Waals surface area contributed by atoms with E-state index in [4.69, 9.17) is 0 Å². The van der Waals surface area contributed by atoms with E-state index < -0.39 is 6.43 Å². The third-order valence-corrected chi connectivity index (χ3v) is 2.70. The van der Waals surface area contributed by atoms with Crippen LogP contribution in [0.5, 0.6) is 5.75 Å². The van der Waals surface area contributed by atoms with Gasteiger partial charge in [-0.2, -0.15) is 0 Å². The maximum atomic E-state index is 12.2. The summed E-state index contributed by atoms with van der Waals surface area (Å²) in [4.78, 5) is 3.68.